The number of hydrogen-bond donors (Lipinski definition) is 3. The lowest BCUT2D eigenvalue weighted by Gasteiger charge is -2.11. The summed E-state index contributed by atoms with van der Waals surface area (Å²) in [5, 5.41) is 11.4. The fourth-order valence-electron chi connectivity index (χ4n) is 0.825. The molecule has 0 radical (unpaired) electrons. The van der Waals surface area contributed by atoms with E-state index in [1.807, 2.05) is 0 Å². The molecule has 0 aliphatic heterocycles. The lowest BCUT2D eigenvalue weighted by molar-refractivity contribution is -0.139. The van der Waals surface area contributed by atoms with Crippen molar-refractivity contribution < 1.29 is 14.7 Å². The highest BCUT2D eigenvalue weighted by molar-refractivity contribution is 5.77. The summed E-state index contributed by atoms with van der Waals surface area (Å²) in [4.78, 5) is 21.0. The van der Waals surface area contributed by atoms with Gasteiger partial charge in [0.15, 0.2) is 0 Å². The molecule has 0 saturated carbocycles. The highest BCUT2D eigenvalue weighted by Gasteiger charge is 2.16. The van der Waals surface area contributed by atoms with Crippen molar-refractivity contribution >= 4 is 11.9 Å². The summed E-state index contributed by atoms with van der Waals surface area (Å²) in [6, 6.07) is -0.731. The van der Waals surface area contributed by atoms with Crippen LogP contribution in [0.25, 0.3) is 0 Å². The van der Waals surface area contributed by atoms with Crippen LogP contribution in [0.15, 0.2) is 12.7 Å². The Morgan fingerprint density at radius 1 is 1.62 bits per heavy atom. The maximum absolute atomic E-state index is 10.6. The maximum atomic E-state index is 10.6. The molecular formula is C8H14N2O3. The van der Waals surface area contributed by atoms with Crippen LogP contribution < -0.4 is 11.1 Å². The van der Waals surface area contributed by atoms with E-state index in [4.69, 9.17) is 10.8 Å². The topological polar surface area (TPSA) is 92.4 Å². The van der Waals surface area contributed by atoms with Gasteiger partial charge in [0, 0.05) is 13.0 Å². The second-order valence-corrected chi connectivity index (χ2v) is 2.59. The van der Waals surface area contributed by atoms with Crippen molar-refractivity contribution in [2.75, 3.05) is 6.54 Å². The second kappa shape index (κ2) is 6.19. The zero-order valence-electron chi connectivity index (χ0n) is 7.32. The molecule has 0 aromatic carbocycles. The average molecular weight is 186 g/mol. The summed E-state index contributed by atoms with van der Waals surface area (Å²) in [5.74, 6) is -1.48. The Hall–Kier alpha value is -1.36. The summed E-state index contributed by atoms with van der Waals surface area (Å²) in [6.45, 7) is 3.84. The van der Waals surface area contributed by atoms with Crippen LogP contribution in [0, 0.1) is 0 Å². The number of carboxylic acid groups (broad SMARTS) is 1. The van der Waals surface area contributed by atoms with Gasteiger partial charge in [-0.3, -0.25) is 9.59 Å². The van der Waals surface area contributed by atoms with Gasteiger partial charge in [-0.1, -0.05) is 6.08 Å². The van der Waals surface area contributed by atoms with Crippen LogP contribution >= 0.6 is 0 Å². The van der Waals surface area contributed by atoms with Gasteiger partial charge in [-0.15, -0.1) is 6.58 Å². The molecule has 0 bridgehead atoms. The van der Waals surface area contributed by atoms with Gasteiger partial charge in [-0.25, -0.2) is 0 Å². The number of rotatable bonds is 7. The van der Waals surface area contributed by atoms with Crippen LogP contribution in [0.5, 0.6) is 0 Å². The van der Waals surface area contributed by atoms with Crippen molar-refractivity contribution in [3.63, 3.8) is 0 Å². The predicted molar refractivity (Wildman–Crippen MR) is 48.1 cm³/mol. The molecule has 5 heteroatoms. The van der Waals surface area contributed by atoms with Crippen LogP contribution in [0.2, 0.25) is 0 Å². The molecule has 0 saturated heterocycles. The molecule has 0 spiro atoms. The molecule has 0 unspecified atom stereocenters. The zero-order valence-corrected chi connectivity index (χ0v) is 7.32. The van der Waals surface area contributed by atoms with Crippen LogP contribution in [0.3, 0.4) is 0 Å². The van der Waals surface area contributed by atoms with E-state index in [1.54, 1.807) is 6.08 Å². The SMILES string of the molecule is C=CCN[C@@H](CCC(N)=O)C(=O)O. The summed E-state index contributed by atoms with van der Waals surface area (Å²) < 4.78 is 0. The van der Waals surface area contributed by atoms with Crippen molar-refractivity contribution in [2.24, 2.45) is 5.73 Å². The third-order valence-corrected chi connectivity index (χ3v) is 1.49. The predicted octanol–water partition coefficient (Wildman–Crippen LogP) is -0.519. The normalized spacial score (nSPS) is 12.0. The van der Waals surface area contributed by atoms with Crippen molar-refractivity contribution in [1.82, 2.24) is 5.32 Å². The van der Waals surface area contributed by atoms with Crippen molar-refractivity contribution in [3.05, 3.63) is 12.7 Å². The van der Waals surface area contributed by atoms with Gasteiger partial charge >= 0.3 is 5.97 Å². The Labute approximate surface area is 76.6 Å². The number of primary amides is 1. The van der Waals surface area contributed by atoms with Crippen molar-refractivity contribution in [1.29, 1.82) is 0 Å². The Morgan fingerprint density at radius 2 is 2.23 bits per heavy atom. The minimum Gasteiger partial charge on any atom is -0.480 e. The third kappa shape index (κ3) is 5.86. The monoisotopic (exact) mass is 186 g/mol. The molecule has 0 aliphatic rings. The largest absolute Gasteiger partial charge is 0.480 e. The fraction of sp³-hybridized carbons (Fsp3) is 0.500. The van der Waals surface area contributed by atoms with Crippen molar-refractivity contribution in [3.8, 4) is 0 Å². The first kappa shape index (κ1) is 11.6. The van der Waals surface area contributed by atoms with Gasteiger partial charge in [0.1, 0.15) is 6.04 Å². The minimum absolute atomic E-state index is 0.0705. The number of carbonyl (C=O) groups is 2. The molecule has 13 heavy (non-hydrogen) atoms. The van der Waals surface area contributed by atoms with Crippen LogP contribution in [-0.2, 0) is 9.59 Å². The van der Waals surface area contributed by atoms with E-state index in [1.165, 1.54) is 0 Å². The smallest absolute Gasteiger partial charge is 0.320 e. The molecule has 1 atom stereocenters. The number of aliphatic carboxylic acids is 1. The van der Waals surface area contributed by atoms with E-state index < -0.39 is 17.9 Å². The molecule has 4 N–H and O–H groups in total. The second-order valence-electron chi connectivity index (χ2n) is 2.59. The number of amides is 1. The van der Waals surface area contributed by atoms with Gasteiger partial charge < -0.3 is 16.2 Å². The Kier molecular flexibility index (Phi) is 5.54. The van der Waals surface area contributed by atoms with Gasteiger partial charge in [0.2, 0.25) is 5.91 Å². The molecule has 0 aromatic rings. The van der Waals surface area contributed by atoms with E-state index in [0.29, 0.717) is 6.54 Å². The highest BCUT2D eigenvalue weighted by Crippen LogP contribution is 1.96. The fourth-order valence-corrected chi connectivity index (χ4v) is 0.825. The van der Waals surface area contributed by atoms with E-state index in [-0.39, 0.29) is 12.8 Å². The zero-order chi connectivity index (χ0) is 10.3. The lowest BCUT2D eigenvalue weighted by Crippen LogP contribution is -2.37. The van der Waals surface area contributed by atoms with Crippen LogP contribution in [-0.4, -0.2) is 29.6 Å². The van der Waals surface area contributed by atoms with Crippen LogP contribution in [0.1, 0.15) is 12.8 Å². The first-order chi connectivity index (χ1) is 6.07. The maximum Gasteiger partial charge on any atom is 0.320 e. The molecule has 0 fully saturated rings. The molecule has 0 heterocycles. The number of nitrogens with one attached hydrogen (secondary N) is 1. The first-order valence-corrected chi connectivity index (χ1v) is 3.93. The standard InChI is InChI=1S/C8H14N2O3/c1-2-5-10-6(8(12)13)3-4-7(9)11/h2,6,10H,1,3-5H2,(H2,9,11)(H,12,13)/t6-/m0/s1. The molecule has 0 rings (SSSR count). The quantitative estimate of drug-likeness (QED) is 0.466. The third-order valence-electron chi connectivity index (χ3n) is 1.49. The van der Waals surface area contributed by atoms with E-state index in [0.717, 1.165) is 0 Å². The van der Waals surface area contributed by atoms with Gasteiger partial charge in [0.05, 0.1) is 0 Å². The molecular weight excluding hydrogens is 172 g/mol. The number of carboxylic acids is 1. The highest BCUT2D eigenvalue weighted by atomic mass is 16.4. The van der Waals surface area contributed by atoms with Gasteiger partial charge in [-0.05, 0) is 6.42 Å². The average Bonchev–Trinajstić information content (AvgIpc) is 2.03. The molecule has 0 aromatic heterocycles. The molecule has 0 aliphatic carbocycles. The lowest BCUT2D eigenvalue weighted by atomic mass is 10.1. The molecule has 74 valence electrons. The Balaban J connectivity index is 3.87. The number of hydrogen-bond acceptors (Lipinski definition) is 3. The molecule has 5 nitrogen and oxygen atoms in total. The summed E-state index contributed by atoms with van der Waals surface area (Å²) in [7, 11) is 0. The van der Waals surface area contributed by atoms with E-state index in [2.05, 4.69) is 11.9 Å². The number of nitrogens with two attached hydrogens (primary N) is 1. The molecule has 1 amide bonds. The number of carbonyl (C=O) groups excluding carboxylic acids is 1. The first-order valence-electron chi connectivity index (χ1n) is 3.93. The van der Waals surface area contributed by atoms with Gasteiger partial charge in [0.25, 0.3) is 0 Å². The Morgan fingerprint density at radius 3 is 2.62 bits per heavy atom. The van der Waals surface area contributed by atoms with E-state index in [9.17, 15) is 9.59 Å². The summed E-state index contributed by atoms with van der Waals surface area (Å²) >= 11 is 0. The van der Waals surface area contributed by atoms with E-state index >= 15 is 0 Å². The van der Waals surface area contributed by atoms with Crippen molar-refractivity contribution in [2.45, 2.75) is 18.9 Å². The summed E-state index contributed by atoms with van der Waals surface area (Å²) in [5.41, 5.74) is 4.89. The van der Waals surface area contributed by atoms with Crippen LogP contribution in [0.4, 0.5) is 0 Å². The Bertz CT molecular complexity index is 204. The van der Waals surface area contributed by atoms with Gasteiger partial charge in [-0.2, -0.15) is 0 Å². The summed E-state index contributed by atoms with van der Waals surface area (Å²) in [6.07, 6.45) is 1.83. The minimum atomic E-state index is -0.983.